The summed E-state index contributed by atoms with van der Waals surface area (Å²) in [4.78, 5) is 27.1. The van der Waals surface area contributed by atoms with Crippen LogP contribution in [-0.4, -0.2) is 68.6 Å². The lowest BCUT2D eigenvalue weighted by molar-refractivity contribution is -0.137. The molecule has 0 aromatic heterocycles. The molecular weight excluding hydrogens is 451 g/mol. The Morgan fingerprint density at radius 1 is 1.30 bits per heavy atom. The number of hydrogen-bond acceptors (Lipinski definition) is 5. The van der Waals surface area contributed by atoms with Crippen LogP contribution < -0.4 is 16.0 Å². The van der Waals surface area contributed by atoms with Crippen molar-refractivity contribution in [1.29, 1.82) is 0 Å². The van der Waals surface area contributed by atoms with Gasteiger partial charge in [0.25, 0.3) is 12.3 Å². The average molecular weight is 478 g/mol. The minimum absolute atomic E-state index is 0.0351. The largest absolute Gasteiger partial charge is 0.418 e. The lowest BCUT2D eigenvalue weighted by Gasteiger charge is -2.36. The molecule has 1 atom stereocenters. The predicted molar refractivity (Wildman–Crippen MR) is 111 cm³/mol. The van der Waals surface area contributed by atoms with Gasteiger partial charge in [0.2, 0.25) is 5.91 Å². The van der Waals surface area contributed by atoms with Crippen molar-refractivity contribution in [3.8, 4) is 0 Å². The maximum absolute atomic E-state index is 13.7. The zero-order valence-corrected chi connectivity index (χ0v) is 17.9. The van der Waals surface area contributed by atoms with Gasteiger partial charge in [0.05, 0.1) is 24.4 Å². The fourth-order valence-electron chi connectivity index (χ4n) is 4.01. The molecule has 2 aliphatic rings. The van der Waals surface area contributed by atoms with Crippen LogP contribution in [0.1, 0.15) is 24.8 Å². The van der Waals surface area contributed by atoms with Crippen LogP contribution in [0.25, 0.3) is 0 Å². The third kappa shape index (κ3) is 6.39. The van der Waals surface area contributed by atoms with E-state index in [2.05, 4.69) is 5.32 Å². The standard InChI is InChI=1S/C21H27F5N4O3/c22-18(23)11-29(10-13-2-1-3-13)17(9-27)20(32)28-14-4-5-16(15(8-14)21(24,25)26)30-6-7-33-12-19(30)31/h4-5,8,13,17-18H,1-3,6-7,9-12,27H2,(H,28,32)/t17-/m1/s1. The Balaban J connectivity index is 1.81. The number of carbonyl (C=O) groups is 2. The first-order chi connectivity index (χ1) is 15.6. The predicted octanol–water partition coefficient (Wildman–Crippen LogP) is 2.70. The molecule has 2 amide bonds. The number of benzene rings is 1. The summed E-state index contributed by atoms with van der Waals surface area (Å²) in [6, 6.07) is 1.95. The van der Waals surface area contributed by atoms with E-state index < -0.39 is 42.6 Å². The van der Waals surface area contributed by atoms with Gasteiger partial charge in [-0.1, -0.05) is 6.42 Å². The van der Waals surface area contributed by atoms with Crippen molar-refractivity contribution in [2.45, 2.75) is 37.9 Å². The van der Waals surface area contributed by atoms with Gasteiger partial charge in [-0.2, -0.15) is 13.2 Å². The number of morpholine rings is 1. The van der Waals surface area contributed by atoms with Crippen molar-refractivity contribution >= 4 is 23.2 Å². The summed E-state index contributed by atoms with van der Waals surface area (Å²) in [6.07, 6.45) is -4.75. The molecule has 2 fully saturated rings. The van der Waals surface area contributed by atoms with Gasteiger partial charge in [0.1, 0.15) is 12.6 Å². The second-order valence-corrected chi connectivity index (χ2v) is 8.21. The molecule has 7 nitrogen and oxygen atoms in total. The van der Waals surface area contributed by atoms with E-state index in [1.807, 2.05) is 0 Å². The third-order valence-corrected chi connectivity index (χ3v) is 5.90. The number of hydrogen-bond donors (Lipinski definition) is 2. The molecular formula is C21H27F5N4O3. The minimum atomic E-state index is -4.80. The minimum Gasteiger partial charge on any atom is -0.370 e. The monoisotopic (exact) mass is 478 g/mol. The summed E-state index contributed by atoms with van der Waals surface area (Å²) in [7, 11) is 0. The van der Waals surface area contributed by atoms with Crippen LogP contribution in [-0.2, 0) is 20.5 Å². The van der Waals surface area contributed by atoms with Gasteiger partial charge in [-0.05, 0) is 37.0 Å². The van der Waals surface area contributed by atoms with Crippen LogP contribution in [0.4, 0.5) is 33.3 Å². The Morgan fingerprint density at radius 3 is 2.58 bits per heavy atom. The quantitative estimate of drug-likeness (QED) is 0.533. The molecule has 33 heavy (non-hydrogen) atoms. The highest BCUT2D eigenvalue weighted by Gasteiger charge is 2.37. The van der Waals surface area contributed by atoms with Crippen LogP contribution in [0.2, 0.25) is 0 Å². The molecule has 1 aliphatic heterocycles. The number of halogens is 5. The molecule has 0 bridgehead atoms. The Morgan fingerprint density at radius 2 is 2.03 bits per heavy atom. The maximum atomic E-state index is 13.7. The first-order valence-electron chi connectivity index (χ1n) is 10.7. The van der Waals surface area contributed by atoms with Crippen molar-refractivity contribution in [2.24, 2.45) is 11.7 Å². The summed E-state index contributed by atoms with van der Waals surface area (Å²) in [5, 5.41) is 2.38. The molecule has 1 aromatic rings. The van der Waals surface area contributed by atoms with Crippen molar-refractivity contribution in [3.05, 3.63) is 23.8 Å². The highest BCUT2D eigenvalue weighted by atomic mass is 19.4. The first kappa shape index (κ1) is 25.3. The summed E-state index contributed by atoms with van der Waals surface area (Å²) in [6.45, 7) is -0.914. The zero-order chi connectivity index (χ0) is 24.2. The van der Waals surface area contributed by atoms with Gasteiger partial charge in [-0.3, -0.25) is 14.5 Å². The third-order valence-electron chi connectivity index (χ3n) is 5.90. The van der Waals surface area contributed by atoms with E-state index in [-0.39, 0.29) is 50.1 Å². The van der Waals surface area contributed by atoms with E-state index in [0.29, 0.717) is 0 Å². The molecule has 0 radical (unpaired) electrons. The fourth-order valence-corrected chi connectivity index (χ4v) is 4.01. The van der Waals surface area contributed by atoms with Gasteiger partial charge >= 0.3 is 6.18 Å². The number of nitrogens with zero attached hydrogens (tertiary/aromatic N) is 2. The zero-order valence-electron chi connectivity index (χ0n) is 17.9. The summed E-state index contributed by atoms with van der Waals surface area (Å²) in [5.41, 5.74) is 4.08. The summed E-state index contributed by atoms with van der Waals surface area (Å²) >= 11 is 0. The topological polar surface area (TPSA) is 87.9 Å². The van der Waals surface area contributed by atoms with Crippen LogP contribution in [0.3, 0.4) is 0 Å². The first-order valence-corrected chi connectivity index (χ1v) is 10.7. The number of ether oxygens (including phenoxy) is 1. The molecule has 3 N–H and O–H groups in total. The van der Waals surface area contributed by atoms with Crippen molar-refractivity contribution in [3.63, 3.8) is 0 Å². The Bertz CT molecular complexity index is 848. The highest BCUT2D eigenvalue weighted by molar-refractivity contribution is 5.98. The number of carbonyl (C=O) groups excluding carboxylic acids is 2. The van der Waals surface area contributed by atoms with Crippen LogP contribution in [0, 0.1) is 5.92 Å². The molecule has 1 saturated carbocycles. The molecule has 1 aliphatic carbocycles. The second-order valence-electron chi connectivity index (χ2n) is 8.21. The highest BCUT2D eigenvalue weighted by Crippen LogP contribution is 2.39. The van der Waals surface area contributed by atoms with E-state index >= 15 is 0 Å². The molecule has 0 unspecified atom stereocenters. The van der Waals surface area contributed by atoms with E-state index in [0.717, 1.165) is 36.3 Å². The Kier molecular flexibility index (Phi) is 8.24. The lowest BCUT2D eigenvalue weighted by Crippen LogP contribution is -2.52. The molecule has 184 valence electrons. The van der Waals surface area contributed by atoms with Gasteiger partial charge in [-0.25, -0.2) is 8.78 Å². The molecule has 1 aromatic carbocycles. The van der Waals surface area contributed by atoms with Gasteiger partial charge < -0.3 is 20.7 Å². The van der Waals surface area contributed by atoms with Crippen LogP contribution >= 0.6 is 0 Å². The number of rotatable bonds is 9. The molecule has 1 saturated heterocycles. The number of anilines is 2. The second kappa shape index (κ2) is 10.7. The van der Waals surface area contributed by atoms with E-state index in [1.165, 1.54) is 11.0 Å². The average Bonchev–Trinajstić information content (AvgIpc) is 2.70. The fraction of sp³-hybridized carbons (Fsp3) is 0.619. The summed E-state index contributed by atoms with van der Waals surface area (Å²) < 4.78 is 72.4. The molecule has 12 heteroatoms. The van der Waals surface area contributed by atoms with Gasteiger partial charge in [0.15, 0.2) is 0 Å². The maximum Gasteiger partial charge on any atom is 0.418 e. The van der Waals surface area contributed by atoms with E-state index in [1.54, 1.807) is 0 Å². The lowest BCUT2D eigenvalue weighted by atomic mass is 9.85. The van der Waals surface area contributed by atoms with Crippen LogP contribution in [0.15, 0.2) is 18.2 Å². The van der Waals surface area contributed by atoms with Gasteiger partial charge in [0, 0.05) is 25.3 Å². The van der Waals surface area contributed by atoms with Crippen molar-refractivity contribution < 1.29 is 36.3 Å². The number of nitrogens with two attached hydrogens (primary N) is 1. The number of nitrogens with one attached hydrogen (secondary N) is 1. The molecule has 1 heterocycles. The van der Waals surface area contributed by atoms with Crippen LogP contribution in [0.5, 0.6) is 0 Å². The van der Waals surface area contributed by atoms with Crippen molar-refractivity contribution in [2.75, 3.05) is 49.6 Å². The SMILES string of the molecule is NC[C@H](C(=O)Nc1ccc(N2CCOCC2=O)c(C(F)(F)F)c1)N(CC(F)F)CC1CCC1. The van der Waals surface area contributed by atoms with Crippen molar-refractivity contribution in [1.82, 2.24) is 4.90 Å². The molecule has 3 rings (SSSR count). The Labute approximate surface area is 188 Å². The number of alkyl halides is 5. The molecule has 0 spiro atoms. The number of amides is 2. The normalized spacial score (nSPS) is 18.5. The summed E-state index contributed by atoms with van der Waals surface area (Å²) in [5.74, 6) is -1.18. The Hall–Kier alpha value is -2.31. The smallest absolute Gasteiger partial charge is 0.370 e. The van der Waals surface area contributed by atoms with E-state index in [4.69, 9.17) is 10.5 Å². The van der Waals surface area contributed by atoms with E-state index in [9.17, 15) is 31.5 Å². The van der Waals surface area contributed by atoms with Gasteiger partial charge in [-0.15, -0.1) is 0 Å².